The van der Waals surface area contributed by atoms with Crippen molar-refractivity contribution >= 4 is 11.9 Å². The molecule has 0 aliphatic carbocycles. The number of rotatable bonds is 3. The van der Waals surface area contributed by atoms with Crippen molar-refractivity contribution in [2.45, 2.75) is 0 Å². The summed E-state index contributed by atoms with van der Waals surface area (Å²) in [6.07, 6.45) is 1.37. The lowest BCUT2D eigenvalue weighted by molar-refractivity contribution is 0.0985. The van der Waals surface area contributed by atoms with Crippen LogP contribution in [0.25, 0.3) is 11.5 Å². The van der Waals surface area contributed by atoms with Gasteiger partial charge in [0.1, 0.15) is 0 Å². The van der Waals surface area contributed by atoms with Crippen LogP contribution in [-0.4, -0.2) is 21.3 Å². The highest BCUT2D eigenvalue weighted by Gasteiger charge is 2.14. The van der Waals surface area contributed by atoms with Gasteiger partial charge in [0.25, 0.3) is 5.91 Å². The van der Waals surface area contributed by atoms with Gasteiger partial charge in [-0.1, -0.05) is 28.5 Å². The molecule has 7 heteroatoms. The Bertz CT molecular complexity index is 676. The highest BCUT2D eigenvalue weighted by atomic mass is 16.5. The van der Waals surface area contributed by atoms with Crippen molar-refractivity contribution in [1.82, 2.24) is 15.4 Å². The maximum absolute atomic E-state index is 11.6. The van der Waals surface area contributed by atoms with Gasteiger partial charge in [0, 0.05) is 11.6 Å². The van der Waals surface area contributed by atoms with Crippen LogP contribution in [0, 0.1) is 0 Å². The molecule has 0 aliphatic heterocycles. The van der Waals surface area contributed by atoms with Crippen LogP contribution in [-0.2, 0) is 0 Å². The fraction of sp³-hybridized carbons (Fsp3) is 0. The molecule has 1 amide bonds. The third kappa shape index (κ3) is 2.34. The largest absolute Gasteiger partial charge is 0.403 e. The second-order valence-electron chi connectivity index (χ2n) is 3.61. The topological polar surface area (TPSA) is 94.1 Å². The van der Waals surface area contributed by atoms with Gasteiger partial charge in [0.2, 0.25) is 11.7 Å². The van der Waals surface area contributed by atoms with Gasteiger partial charge in [-0.2, -0.15) is 0 Å². The summed E-state index contributed by atoms with van der Waals surface area (Å²) in [7, 11) is 0. The van der Waals surface area contributed by atoms with E-state index in [4.69, 9.17) is 8.94 Å². The maximum Gasteiger partial charge on any atom is 0.322 e. The van der Waals surface area contributed by atoms with E-state index in [9.17, 15) is 4.79 Å². The molecule has 3 aromatic rings. The number of anilines is 1. The van der Waals surface area contributed by atoms with Gasteiger partial charge in [-0.15, -0.1) is 5.10 Å². The number of carbonyl (C=O) groups excluding carboxylic acids is 1. The number of hydrogen-bond acceptors (Lipinski definition) is 6. The van der Waals surface area contributed by atoms with E-state index in [0.717, 1.165) is 5.56 Å². The first-order chi connectivity index (χ1) is 9.33. The monoisotopic (exact) mass is 256 g/mol. The predicted octanol–water partition coefficient (Wildman–Crippen LogP) is 1.98. The van der Waals surface area contributed by atoms with Gasteiger partial charge in [0.15, 0.2) is 0 Å². The minimum absolute atomic E-state index is 0.000234. The smallest absolute Gasteiger partial charge is 0.322 e. The van der Waals surface area contributed by atoms with E-state index in [0.29, 0.717) is 5.89 Å². The standard InChI is InChI=1S/C12H8N4O3/c17-10(9-6-7-13-19-9)14-12-16-15-11(18-12)8-4-2-1-3-5-8/h1-7H,(H,14,16,17). The lowest BCUT2D eigenvalue weighted by Gasteiger charge is -1.95. The van der Waals surface area contributed by atoms with E-state index < -0.39 is 5.91 Å². The first-order valence-electron chi connectivity index (χ1n) is 5.44. The van der Waals surface area contributed by atoms with Crippen LogP contribution in [0.2, 0.25) is 0 Å². The molecule has 0 saturated carbocycles. The molecular formula is C12H8N4O3. The van der Waals surface area contributed by atoms with Gasteiger partial charge >= 0.3 is 6.01 Å². The lowest BCUT2D eigenvalue weighted by atomic mass is 10.2. The van der Waals surface area contributed by atoms with Gasteiger partial charge in [0.05, 0.1) is 6.20 Å². The van der Waals surface area contributed by atoms with Crippen molar-refractivity contribution in [2.24, 2.45) is 0 Å². The average molecular weight is 256 g/mol. The zero-order valence-electron chi connectivity index (χ0n) is 9.61. The van der Waals surface area contributed by atoms with Crippen LogP contribution in [0.1, 0.15) is 10.6 Å². The van der Waals surface area contributed by atoms with E-state index in [1.165, 1.54) is 12.3 Å². The molecule has 7 nitrogen and oxygen atoms in total. The van der Waals surface area contributed by atoms with Crippen molar-refractivity contribution in [3.8, 4) is 11.5 Å². The highest BCUT2D eigenvalue weighted by molar-refractivity contribution is 6.00. The summed E-state index contributed by atoms with van der Waals surface area (Å²) < 4.78 is 10.0. The number of amides is 1. The molecular weight excluding hydrogens is 248 g/mol. The van der Waals surface area contributed by atoms with E-state index >= 15 is 0 Å². The Morgan fingerprint density at radius 2 is 1.95 bits per heavy atom. The third-order valence-corrected chi connectivity index (χ3v) is 2.33. The van der Waals surface area contributed by atoms with Gasteiger partial charge < -0.3 is 8.94 Å². The fourth-order valence-electron chi connectivity index (χ4n) is 1.46. The zero-order valence-corrected chi connectivity index (χ0v) is 9.61. The van der Waals surface area contributed by atoms with Crippen molar-refractivity contribution in [1.29, 1.82) is 0 Å². The molecule has 3 rings (SSSR count). The van der Waals surface area contributed by atoms with E-state index in [1.54, 1.807) is 0 Å². The first kappa shape index (κ1) is 11.1. The average Bonchev–Trinajstić information content (AvgIpc) is 3.11. The van der Waals surface area contributed by atoms with Crippen LogP contribution in [0.4, 0.5) is 6.01 Å². The van der Waals surface area contributed by atoms with Gasteiger partial charge in [-0.25, -0.2) is 0 Å². The number of aromatic nitrogens is 3. The Morgan fingerprint density at radius 3 is 2.68 bits per heavy atom. The molecule has 0 bridgehead atoms. The highest BCUT2D eigenvalue weighted by Crippen LogP contribution is 2.19. The Morgan fingerprint density at radius 1 is 1.11 bits per heavy atom. The SMILES string of the molecule is O=C(Nc1nnc(-c2ccccc2)o1)c1ccno1. The molecule has 1 N–H and O–H groups in total. The quantitative estimate of drug-likeness (QED) is 0.769. The van der Waals surface area contributed by atoms with E-state index in [1.807, 2.05) is 30.3 Å². The zero-order chi connectivity index (χ0) is 13.1. The molecule has 19 heavy (non-hydrogen) atoms. The summed E-state index contributed by atoms with van der Waals surface area (Å²) in [5.41, 5.74) is 0.773. The summed E-state index contributed by atoms with van der Waals surface area (Å²) in [4.78, 5) is 11.6. The molecule has 1 aromatic carbocycles. The van der Waals surface area contributed by atoms with Crippen molar-refractivity contribution < 1.29 is 13.7 Å². The van der Waals surface area contributed by atoms with Gasteiger partial charge in [-0.3, -0.25) is 10.1 Å². The second kappa shape index (κ2) is 4.73. The Labute approximate surface area is 107 Å². The van der Waals surface area contributed by atoms with E-state index in [2.05, 4.69) is 20.7 Å². The molecule has 0 spiro atoms. The summed E-state index contributed by atoms with van der Waals surface area (Å²) in [5, 5.41) is 13.4. The third-order valence-electron chi connectivity index (χ3n) is 2.33. The molecule has 0 aliphatic rings. The summed E-state index contributed by atoms with van der Waals surface area (Å²) >= 11 is 0. The van der Waals surface area contributed by atoms with Gasteiger partial charge in [-0.05, 0) is 12.1 Å². The minimum atomic E-state index is -0.499. The molecule has 0 fully saturated rings. The normalized spacial score (nSPS) is 10.3. The van der Waals surface area contributed by atoms with Crippen LogP contribution in [0.5, 0.6) is 0 Å². The summed E-state index contributed by atoms with van der Waals surface area (Å²) in [5.74, 6) is -0.103. The second-order valence-corrected chi connectivity index (χ2v) is 3.61. The molecule has 0 saturated heterocycles. The van der Waals surface area contributed by atoms with E-state index in [-0.39, 0.29) is 11.8 Å². The molecule has 0 radical (unpaired) electrons. The predicted molar refractivity (Wildman–Crippen MR) is 64.2 cm³/mol. The van der Waals surface area contributed by atoms with Crippen molar-refractivity contribution in [3.05, 3.63) is 48.4 Å². The number of nitrogens with zero attached hydrogens (tertiary/aromatic N) is 3. The first-order valence-corrected chi connectivity index (χ1v) is 5.44. The fourth-order valence-corrected chi connectivity index (χ4v) is 1.46. The summed E-state index contributed by atoms with van der Waals surface area (Å²) in [6, 6.07) is 10.7. The number of benzene rings is 1. The molecule has 94 valence electrons. The van der Waals surface area contributed by atoms with Crippen LogP contribution >= 0.6 is 0 Å². The van der Waals surface area contributed by atoms with Crippen LogP contribution < -0.4 is 5.32 Å². The minimum Gasteiger partial charge on any atom is -0.403 e. The van der Waals surface area contributed by atoms with Crippen molar-refractivity contribution in [3.63, 3.8) is 0 Å². The molecule has 0 unspecified atom stereocenters. The molecule has 2 heterocycles. The Balaban J connectivity index is 1.77. The van der Waals surface area contributed by atoms with Crippen LogP contribution in [0.15, 0.2) is 51.5 Å². The molecule has 2 aromatic heterocycles. The number of hydrogen-bond donors (Lipinski definition) is 1. The van der Waals surface area contributed by atoms with Crippen LogP contribution in [0.3, 0.4) is 0 Å². The lowest BCUT2D eigenvalue weighted by Crippen LogP contribution is -2.11. The molecule has 0 atom stereocenters. The van der Waals surface area contributed by atoms with Crippen molar-refractivity contribution in [2.75, 3.05) is 5.32 Å². The maximum atomic E-state index is 11.6. The number of carbonyl (C=O) groups is 1. The summed E-state index contributed by atoms with van der Waals surface area (Å²) in [6.45, 7) is 0. The number of nitrogens with one attached hydrogen (secondary N) is 1. The Kier molecular flexibility index (Phi) is 2.77. The Hall–Kier alpha value is -2.96.